The van der Waals surface area contributed by atoms with Gasteiger partial charge in [0.25, 0.3) is 0 Å². The van der Waals surface area contributed by atoms with E-state index in [0.29, 0.717) is 6.10 Å². The van der Waals surface area contributed by atoms with Gasteiger partial charge in [0, 0.05) is 13.1 Å². The first-order chi connectivity index (χ1) is 7.72. The van der Waals surface area contributed by atoms with E-state index >= 15 is 0 Å². The lowest BCUT2D eigenvalue weighted by Crippen LogP contribution is -2.42. The largest absolute Gasteiger partial charge is 0.397 e. The van der Waals surface area contributed by atoms with Gasteiger partial charge in [-0.25, -0.2) is 0 Å². The van der Waals surface area contributed by atoms with Gasteiger partial charge in [-0.3, -0.25) is 0 Å². The molecule has 0 saturated carbocycles. The van der Waals surface area contributed by atoms with Crippen molar-refractivity contribution in [2.45, 2.75) is 26.4 Å². The summed E-state index contributed by atoms with van der Waals surface area (Å²) in [5, 5.41) is 0. The highest BCUT2D eigenvalue weighted by molar-refractivity contribution is 5.71. The number of benzene rings is 1. The number of aryl methyl sites for hydroxylation is 1. The Hall–Kier alpha value is -1.22. The van der Waals surface area contributed by atoms with Crippen molar-refractivity contribution in [3.8, 4) is 0 Å². The Kier molecular flexibility index (Phi) is 3.34. The van der Waals surface area contributed by atoms with Crippen molar-refractivity contribution >= 4 is 11.4 Å². The van der Waals surface area contributed by atoms with Gasteiger partial charge in [0.2, 0.25) is 0 Å². The van der Waals surface area contributed by atoms with Crippen LogP contribution in [-0.2, 0) is 4.74 Å². The number of morpholine rings is 1. The molecule has 1 heterocycles. The third kappa shape index (κ3) is 2.14. The molecular weight excluding hydrogens is 200 g/mol. The van der Waals surface area contributed by atoms with Gasteiger partial charge in [-0.2, -0.15) is 0 Å². The van der Waals surface area contributed by atoms with Gasteiger partial charge in [0.05, 0.1) is 24.1 Å². The molecule has 1 aliphatic rings. The quantitative estimate of drug-likeness (QED) is 0.776. The molecule has 0 amide bonds. The normalized spacial score (nSPS) is 21.1. The molecule has 0 bridgehead atoms. The third-order valence-electron chi connectivity index (χ3n) is 3.18. The lowest BCUT2D eigenvalue weighted by molar-refractivity contribution is 0.0384. The van der Waals surface area contributed by atoms with Crippen LogP contribution in [0.25, 0.3) is 0 Å². The first-order valence-electron chi connectivity index (χ1n) is 5.94. The van der Waals surface area contributed by atoms with Crippen LogP contribution in [0, 0.1) is 6.92 Å². The number of anilines is 2. The van der Waals surface area contributed by atoms with Crippen molar-refractivity contribution in [3.63, 3.8) is 0 Å². The molecular formula is C13H20N2O. The van der Waals surface area contributed by atoms with Crippen molar-refractivity contribution in [1.82, 2.24) is 0 Å². The summed E-state index contributed by atoms with van der Waals surface area (Å²) in [5.74, 6) is 0. The number of nitrogens with zero attached hydrogens (tertiary/aromatic N) is 1. The maximum Gasteiger partial charge on any atom is 0.0748 e. The predicted octanol–water partition coefficient (Wildman–Crippen LogP) is 2.19. The number of nitrogen functional groups attached to an aromatic ring is 1. The van der Waals surface area contributed by atoms with Crippen LogP contribution >= 0.6 is 0 Å². The number of para-hydroxylation sites is 1. The van der Waals surface area contributed by atoms with Crippen LogP contribution in [0.4, 0.5) is 11.4 Å². The second-order valence-corrected chi connectivity index (χ2v) is 4.36. The van der Waals surface area contributed by atoms with Crippen molar-refractivity contribution in [2.75, 3.05) is 30.3 Å². The smallest absolute Gasteiger partial charge is 0.0748 e. The zero-order chi connectivity index (χ0) is 11.5. The van der Waals surface area contributed by atoms with Crippen molar-refractivity contribution in [3.05, 3.63) is 23.8 Å². The average molecular weight is 220 g/mol. The third-order valence-corrected chi connectivity index (χ3v) is 3.18. The van der Waals surface area contributed by atoms with E-state index in [1.165, 1.54) is 11.3 Å². The van der Waals surface area contributed by atoms with E-state index in [0.717, 1.165) is 31.8 Å². The molecule has 16 heavy (non-hydrogen) atoms. The molecule has 1 aromatic rings. The van der Waals surface area contributed by atoms with E-state index in [1.54, 1.807) is 0 Å². The van der Waals surface area contributed by atoms with Gasteiger partial charge in [-0.15, -0.1) is 0 Å². The Labute approximate surface area is 97.2 Å². The number of hydrogen-bond donors (Lipinski definition) is 1. The van der Waals surface area contributed by atoms with E-state index in [4.69, 9.17) is 10.5 Å². The Morgan fingerprint density at radius 3 is 3.00 bits per heavy atom. The van der Waals surface area contributed by atoms with E-state index in [1.807, 2.05) is 12.1 Å². The highest BCUT2D eigenvalue weighted by Crippen LogP contribution is 2.28. The zero-order valence-corrected chi connectivity index (χ0v) is 10.1. The molecule has 1 fully saturated rings. The second kappa shape index (κ2) is 4.74. The molecule has 2 N–H and O–H groups in total. The number of ether oxygens (including phenoxy) is 1. The Bertz CT molecular complexity index is 345. The van der Waals surface area contributed by atoms with Gasteiger partial charge in [-0.05, 0) is 25.0 Å². The molecule has 0 radical (unpaired) electrons. The molecule has 0 aromatic heterocycles. The fourth-order valence-corrected chi connectivity index (χ4v) is 2.28. The maximum atomic E-state index is 6.06. The summed E-state index contributed by atoms with van der Waals surface area (Å²) >= 11 is 0. The van der Waals surface area contributed by atoms with Crippen LogP contribution < -0.4 is 10.6 Å². The van der Waals surface area contributed by atoms with Crippen molar-refractivity contribution in [1.29, 1.82) is 0 Å². The minimum absolute atomic E-state index is 0.341. The highest BCUT2D eigenvalue weighted by atomic mass is 16.5. The number of hydrogen-bond acceptors (Lipinski definition) is 3. The second-order valence-electron chi connectivity index (χ2n) is 4.36. The molecule has 2 rings (SSSR count). The Balaban J connectivity index is 2.23. The van der Waals surface area contributed by atoms with Crippen molar-refractivity contribution < 1.29 is 4.74 Å². The maximum absolute atomic E-state index is 6.06. The zero-order valence-electron chi connectivity index (χ0n) is 10.1. The summed E-state index contributed by atoms with van der Waals surface area (Å²) in [5.41, 5.74) is 9.36. The molecule has 1 atom stereocenters. The average Bonchev–Trinajstić information content (AvgIpc) is 2.29. The summed E-state index contributed by atoms with van der Waals surface area (Å²) in [6.07, 6.45) is 1.40. The molecule has 1 saturated heterocycles. The molecule has 1 unspecified atom stereocenters. The standard InChI is InChI=1S/C13H20N2O/c1-3-11-9-15(7-8-16-11)13-10(2)5-4-6-12(13)14/h4-6,11H,3,7-9,14H2,1-2H3. The molecule has 1 aromatic carbocycles. The van der Waals surface area contributed by atoms with E-state index < -0.39 is 0 Å². The van der Waals surface area contributed by atoms with Crippen LogP contribution in [0.2, 0.25) is 0 Å². The van der Waals surface area contributed by atoms with Gasteiger partial charge in [0.15, 0.2) is 0 Å². The molecule has 0 spiro atoms. The monoisotopic (exact) mass is 220 g/mol. The molecule has 3 heteroatoms. The van der Waals surface area contributed by atoms with E-state index in [9.17, 15) is 0 Å². The number of nitrogens with two attached hydrogens (primary N) is 1. The minimum atomic E-state index is 0.341. The fraction of sp³-hybridized carbons (Fsp3) is 0.538. The topological polar surface area (TPSA) is 38.5 Å². The van der Waals surface area contributed by atoms with E-state index in [2.05, 4.69) is 24.8 Å². The predicted molar refractivity (Wildman–Crippen MR) is 67.8 cm³/mol. The Morgan fingerprint density at radius 1 is 1.50 bits per heavy atom. The lowest BCUT2D eigenvalue weighted by Gasteiger charge is -2.35. The molecule has 3 nitrogen and oxygen atoms in total. The number of rotatable bonds is 2. The summed E-state index contributed by atoms with van der Waals surface area (Å²) in [7, 11) is 0. The first kappa shape index (κ1) is 11.3. The molecule has 0 aliphatic carbocycles. The van der Waals surface area contributed by atoms with Crippen LogP contribution in [0.1, 0.15) is 18.9 Å². The molecule has 88 valence electrons. The SMILES string of the molecule is CCC1CN(c2c(C)cccc2N)CCO1. The summed E-state index contributed by atoms with van der Waals surface area (Å²) in [6, 6.07) is 6.09. The lowest BCUT2D eigenvalue weighted by atomic mass is 10.1. The fourth-order valence-electron chi connectivity index (χ4n) is 2.28. The minimum Gasteiger partial charge on any atom is -0.397 e. The van der Waals surface area contributed by atoms with Gasteiger partial charge in [-0.1, -0.05) is 19.1 Å². The summed E-state index contributed by atoms with van der Waals surface area (Å²) in [6.45, 7) is 6.96. The summed E-state index contributed by atoms with van der Waals surface area (Å²) < 4.78 is 5.68. The van der Waals surface area contributed by atoms with Crippen LogP contribution in [0.15, 0.2) is 18.2 Å². The van der Waals surface area contributed by atoms with Crippen molar-refractivity contribution in [2.24, 2.45) is 0 Å². The molecule has 1 aliphatic heterocycles. The van der Waals surface area contributed by atoms with E-state index in [-0.39, 0.29) is 0 Å². The van der Waals surface area contributed by atoms with Gasteiger partial charge >= 0.3 is 0 Å². The Morgan fingerprint density at radius 2 is 2.31 bits per heavy atom. The highest BCUT2D eigenvalue weighted by Gasteiger charge is 2.21. The van der Waals surface area contributed by atoms with Gasteiger partial charge < -0.3 is 15.4 Å². The summed E-state index contributed by atoms with van der Waals surface area (Å²) in [4.78, 5) is 2.35. The van der Waals surface area contributed by atoms with Crippen LogP contribution in [0.3, 0.4) is 0 Å². The van der Waals surface area contributed by atoms with Crippen LogP contribution in [-0.4, -0.2) is 25.8 Å². The van der Waals surface area contributed by atoms with Gasteiger partial charge in [0.1, 0.15) is 0 Å². The first-order valence-corrected chi connectivity index (χ1v) is 5.94. The van der Waals surface area contributed by atoms with Crippen LogP contribution in [0.5, 0.6) is 0 Å².